The normalized spacial score (nSPS) is 9.75. The van der Waals surface area contributed by atoms with Crippen LogP contribution in [-0.2, 0) is 5.33 Å². The lowest BCUT2D eigenvalue weighted by Crippen LogP contribution is -1.63. The first kappa shape index (κ1) is 6.23. The average Bonchev–Trinajstić information content (AvgIpc) is 2.14. The molecule has 1 rings (SSSR count). The van der Waals surface area contributed by atoms with Gasteiger partial charge in [0.05, 0.1) is 0 Å². The third kappa shape index (κ3) is 1.29. The number of thiophene rings is 1. The number of hydrogen-bond acceptors (Lipinski definition) is 1. The Morgan fingerprint density at radius 2 is 2.50 bits per heavy atom. The standard InChI is InChI=1S/C5H4BrFS/c6-2-4-1-5(7)8-3-4/h1,3H,2H2. The molecule has 0 aromatic carbocycles. The Morgan fingerprint density at radius 1 is 1.75 bits per heavy atom. The first-order valence-electron chi connectivity index (χ1n) is 2.12. The van der Waals surface area contributed by atoms with Crippen molar-refractivity contribution in [3.05, 3.63) is 22.1 Å². The predicted octanol–water partition coefficient (Wildman–Crippen LogP) is 2.78. The molecule has 0 bridgehead atoms. The Bertz CT molecular complexity index is 173. The van der Waals surface area contributed by atoms with Gasteiger partial charge in [-0.2, -0.15) is 4.39 Å². The summed E-state index contributed by atoms with van der Waals surface area (Å²) in [5.41, 5.74) is 1.01. The molecule has 1 aromatic heterocycles. The first-order chi connectivity index (χ1) is 3.83. The summed E-state index contributed by atoms with van der Waals surface area (Å²) in [6, 6.07) is 1.53. The van der Waals surface area contributed by atoms with Crippen LogP contribution in [-0.4, -0.2) is 0 Å². The molecule has 44 valence electrons. The van der Waals surface area contributed by atoms with Gasteiger partial charge in [0, 0.05) is 5.33 Å². The quantitative estimate of drug-likeness (QED) is 0.604. The Hall–Kier alpha value is 0.110. The fourth-order valence-electron chi connectivity index (χ4n) is 0.416. The average molecular weight is 195 g/mol. The van der Waals surface area contributed by atoms with Crippen molar-refractivity contribution in [2.24, 2.45) is 0 Å². The molecule has 0 aliphatic heterocycles. The molecular formula is C5H4BrFS. The molecule has 0 saturated heterocycles. The first-order valence-corrected chi connectivity index (χ1v) is 4.12. The summed E-state index contributed by atoms with van der Waals surface area (Å²) in [6.07, 6.45) is 0. The molecule has 0 amide bonds. The zero-order chi connectivity index (χ0) is 5.98. The number of halogens is 2. The van der Waals surface area contributed by atoms with Gasteiger partial charge >= 0.3 is 0 Å². The number of hydrogen-bond donors (Lipinski definition) is 0. The lowest BCUT2D eigenvalue weighted by molar-refractivity contribution is 0.656. The van der Waals surface area contributed by atoms with Gasteiger partial charge in [-0.1, -0.05) is 15.9 Å². The van der Waals surface area contributed by atoms with E-state index in [2.05, 4.69) is 15.9 Å². The van der Waals surface area contributed by atoms with E-state index in [4.69, 9.17) is 0 Å². The van der Waals surface area contributed by atoms with Crippen LogP contribution >= 0.6 is 27.3 Å². The largest absolute Gasteiger partial charge is 0.195 e. The van der Waals surface area contributed by atoms with Crippen molar-refractivity contribution in [3.63, 3.8) is 0 Å². The van der Waals surface area contributed by atoms with Crippen LogP contribution in [0.3, 0.4) is 0 Å². The summed E-state index contributed by atoms with van der Waals surface area (Å²) < 4.78 is 12.1. The van der Waals surface area contributed by atoms with E-state index in [0.29, 0.717) is 0 Å². The van der Waals surface area contributed by atoms with E-state index < -0.39 is 0 Å². The topological polar surface area (TPSA) is 0 Å². The van der Waals surface area contributed by atoms with Gasteiger partial charge in [-0.15, -0.1) is 11.3 Å². The van der Waals surface area contributed by atoms with E-state index in [-0.39, 0.29) is 5.13 Å². The van der Waals surface area contributed by atoms with Crippen molar-refractivity contribution in [2.45, 2.75) is 5.33 Å². The highest BCUT2D eigenvalue weighted by Crippen LogP contribution is 2.14. The maximum absolute atomic E-state index is 12.1. The molecular weight excluding hydrogens is 191 g/mol. The molecule has 1 aromatic rings. The third-order valence-corrected chi connectivity index (χ3v) is 2.19. The molecule has 0 nitrogen and oxygen atoms in total. The highest BCUT2D eigenvalue weighted by molar-refractivity contribution is 9.08. The zero-order valence-corrected chi connectivity index (χ0v) is 6.43. The maximum atomic E-state index is 12.1. The highest BCUT2D eigenvalue weighted by atomic mass is 79.9. The molecule has 0 atom stereocenters. The van der Waals surface area contributed by atoms with Crippen molar-refractivity contribution in [1.29, 1.82) is 0 Å². The van der Waals surface area contributed by atoms with E-state index in [1.54, 1.807) is 5.38 Å². The van der Waals surface area contributed by atoms with Crippen LogP contribution in [0.5, 0.6) is 0 Å². The lowest BCUT2D eigenvalue weighted by Gasteiger charge is -1.77. The number of rotatable bonds is 1. The zero-order valence-electron chi connectivity index (χ0n) is 4.03. The molecule has 0 saturated carbocycles. The van der Waals surface area contributed by atoms with Crippen molar-refractivity contribution < 1.29 is 4.39 Å². The van der Waals surface area contributed by atoms with E-state index >= 15 is 0 Å². The highest BCUT2D eigenvalue weighted by Gasteiger charge is 1.93. The van der Waals surface area contributed by atoms with E-state index in [1.165, 1.54) is 6.07 Å². The summed E-state index contributed by atoms with van der Waals surface area (Å²) in [5.74, 6) is 0. The van der Waals surface area contributed by atoms with Gasteiger partial charge in [-0.25, -0.2) is 0 Å². The van der Waals surface area contributed by atoms with Crippen LogP contribution in [0.2, 0.25) is 0 Å². The molecule has 0 aliphatic rings. The SMILES string of the molecule is Fc1cc(CBr)cs1. The summed E-state index contributed by atoms with van der Waals surface area (Å²) in [6.45, 7) is 0. The van der Waals surface area contributed by atoms with Crippen molar-refractivity contribution >= 4 is 27.3 Å². The maximum Gasteiger partial charge on any atom is 0.176 e. The Labute approximate surface area is 59.5 Å². The fourth-order valence-corrected chi connectivity index (χ4v) is 1.59. The van der Waals surface area contributed by atoms with E-state index in [9.17, 15) is 4.39 Å². The molecule has 0 radical (unpaired) electrons. The summed E-state index contributed by atoms with van der Waals surface area (Å²) >= 11 is 4.34. The van der Waals surface area contributed by atoms with Crippen molar-refractivity contribution in [3.8, 4) is 0 Å². The van der Waals surface area contributed by atoms with Crippen LogP contribution in [0, 0.1) is 5.13 Å². The second-order valence-electron chi connectivity index (χ2n) is 1.39. The van der Waals surface area contributed by atoms with Crippen molar-refractivity contribution in [2.75, 3.05) is 0 Å². The molecule has 0 N–H and O–H groups in total. The monoisotopic (exact) mass is 194 g/mol. The van der Waals surface area contributed by atoms with Gasteiger partial charge in [0.1, 0.15) is 0 Å². The molecule has 0 unspecified atom stereocenters. The summed E-state index contributed by atoms with van der Waals surface area (Å²) in [7, 11) is 0. The fraction of sp³-hybridized carbons (Fsp3) is 0.200. The number of alkyl halides is 1. The van der Waals surface area contributed by atoms with Gasteiger partial charge in [-0.3, -0.25) is 0 Å². The summed E-state index contributed by atoms with van der Waals surface area (Å²) in [4.78, 5) is 0. The van der Waals surface area contributed by atoms with Gasteiger partial charge in [0.15, 0.2) is 5.13 Å². The van der Waals surface area contributed by atoms with Gasteiger partial charge in [0.2, 0.25) is 0 Å². The molecule has 0 fully saturated rings. The predicted molar refractivity (Wildman–Crippen MR) is 36.9 cm³/mol. The minimum absolute atomic E-state index is 0.112. The third-order valence-electron chi connectivity index (χ3n) is 0.776. The van der Waals surface area contributed by atoms with Gasteiger partial charge in [-0.05, 0) is 17.0 Å². The summed E-state index contributed by atoms with van der Waals surface area (Å²) in [5, 5.41) is 2.43. The smallest absolute Gasteiger partial charge is 0.176 e. The van der Waals surface area contributed by atoms with Crippen LogP contribution in [0.4, 0.5) is 4.39 Å². The van der Waals surface area contributed by atoms with Gasteiger partial charge < -0.3 is 0 Å². The van der Waals surface area contributed by atoms with Crippen LogP contribution < -0.4 is 0 Å². The minimum Gasteiger partial charge on any atom is -0.195 e. The molecule has 0 spiro atoms. The van der Waals surface area contributed by atoms with E-state index in [0.717, 1.165) is 22.2 Å². The van der Waals surface area contributed by atoms with Crippen LogP contribution in [0.15, 0.2) is 11.4 Å². The van der Waals surface area contributed by atoms with Crippen LogP contribution in [0.25, 0.3) is 0 Å². The van der Waals surface area contributed by atoms with E-state index in [1.807, 2.05) is 0 Å². The lowest BCUT2D eigenvalue weighted by atomic mass is 10.4. The molecule has 3 heteroatoms. The second kappa shape index (κ2) is 2.60. The van der Waals surface area contributed by atoms with Crippen LogP contribution in [0.1, 0.15) is 5.56 Å². The van der Waals surface area contributed by atoms with Gasteiger partial charge in [0.25, 0.3) is 0 Å². The Morgan fingerprint density at radius 3 is 2.75 bits per heavy atom. The molecule has 0 aliphatic carbocycles. The Balaban J connectivity index is 2.84. The Kier molecular flexibility index (Phi) is 2.02. The minimum atomic E-state index is -0.112. The molecule has 1 heterocycles. The second-order valence-corrected chi connectivity index (χ2v) is 2.81. The van der Waals surface area contributed by atoms with Crippen molar-refractivity contribution in [1.82, 2.24) is 0 Å². The molecule has 8 heavy (non-hydrogen) atoms.